The number of carbonyl (C=O) groups excluding carboxylic acids is 1. The summed E-state index contributed by atoms with van der Waals surface area (Å²) in [6.45, 7) is 1.87. The number of carbonyl (C=O) groups is 1. The summed E-state index contributed by atoms with van der Waals surface area (Å²) in [6.07, 6.45) is 4.46. The summed E-state index contributed by atoms with van der Waals surface area (Å²) >= 11 is 0. The van der Waals surface area contributed by atoms with E-state index in [4.69, 9.17) is 9.47 Å². The summed E-state index contributed by atoms with van der Waals surface area (Å²) in [5.74, 6) is 1.20. The van der Waals surface area contributed by atoms with Gasteiger partial charge in [0.15, 0.2) is 0 Å². The minimum absolute atomic E-state index is 0.0338. The van der Waals surface area contributed by atoms with Gasteiger partial charge in [0.1, 0.15) is 17.1 Å². The van der Waals surface area contributed by atoms with Crippen LogP contribution in [-0.2, 0) is 0 Å². The van der Waals surface area contributed by atoms with E-state index < -0.39 is 0 Å². The highest BCUT2D eigenvalue weighted by atomic mass is 16.5. The van der Waals surface area contributed by atoms with Crippen LogP contribution in [0.1, 0.15) is 36.0 Å². The van der Waals surface area contributed by atoms with E-state index in [2.05, 4.69) is 16.8 Å². The highest BCUT2D eigenvalue weighted by Crippen LogP contribution is 2.34. The van der Waals surface area contributed by atoms with E-state index in [0.29, 0.717) is 29.1 Å². The second-order valence-electron chi connectivity index (χ2n) is 6.44. The summed E-state index contributed by atoms with van der Waals surface area (Å²) in [7, 11) is 5.36. The lowest BCUT2D eigenvalue weighted by Crippen LogP contribution is -2.46. The van der Waals surface area contributed by atoms with Crippen LogP contribution in [-0.4, -0.2) is 62.1 Å². The van der Waals surface area contributed by atoms with Crippen molar-refractivity contribution in [2.75, 3.05) is 34.4 Å². The fourth-order valence-electron chi connectivity index (χ4n) is 4.02. The van der Waals surface area contributed by atoms with Crippen molar-refractivity contribution < 1.29 is 14.3 Å². The van der Waals surface area contributed by atoms with Crippen LogP contribution in [0.2, 0.25) is 0 Å². The fourth-order valence-corrected chi connectivity index (χ4v) is 4.02. The van der Waals surface area contributed by atoms with Crippen LogP contribution in [0.4, 0.5) is 0 Å². The molecule has 126 valence electrons. The predicted molar refractivity (Wildman–Crippen MR) is 89.3 cm³/mol. The Morgan fingerprint density at radius 2 is 1.74 bits per heavy atom. The summed E-state index contributed by atoms with van der Waals surface area (Å²) in [5, 5.41) is 0. The number of fused-ring (bicyclic) bond motifs is 1. The molecular formula is C18H26N2O3. The van der Waals surface area contributed by atoms with Crippen LogP contribution in [0.3, 0.4) is 0 Å². The average Bonchev–Trinajstić information content (AvgIpc) is 2.82. The number of benzene rings is 1. The predicted octanol–water partition coefficient (Wildman–Crippen LogP) is 2.40. The Labute approximate surface area is 138 Å². The molecule has 0 radical (unpaired) electrons. The van der Waals surface area contributed by atoms with Crippen LogP contribution < -0.4 is 9.47 Å². The summed E-state index contributed by atoms with van der Waals surface area (Å²) < 4.78 is 10.9. The zero-order valence-electron chi connectivity index (χ0n) is 14.2. The Balaban J connectivity index is 1.96. The monoisotopic (exact) mass is 318 g/mol. The number of methoxy groups -OCH3 is 2. The minimum atomic E-state index is 0.0338. The Kier molecular flexibility index (Phi) is 4.76. The average molecular weight is 318 g/mol. The van der Waals surface area contributed by atoms with Gasteiger partial charge in [-0.2, -0.15) is 0 Å². The molecule has 2 fully saturated rings. The minimum Gasteiger partial charge on any atom is -0.496 e. The van der Waals surface area contributed by atoms with E-state index in [-0.39, 0.29) is 5.91 Å². The molecule has 5 nitrogen and oxygen atoms in total. The number of hydrogen-bond acceptors (Lipinski definition) is 4. The molecule has 0 saturated carbocycles. The first-order chi connectivity index (χ1) is 11.2. The third-order valence-corrected chi connectivity index (χ3v) is 5.24. The smallest absolute Gasteiger partial charge is 0.261 e. The van der Waals surface area contributed by atoms with Crippen LogP contribution in [0.15, 0.2) is 18.2 Å². The molecule has 0 N–H and O–H groups in total. The Morgan fingerprint density at radius 3 is 2.39 bits per heavy atom. The number of likely N-dealkylation sites (tertiary alicyclic amines) is 2. The maximum Gasteiger partial charge on any atom is 0.261 e. The molecule has 1 amide bonds. The quantitative estimate of drug-likeness (QED) is 0.858. The third-order valence-electron chi connectivity index (χ3n) is 5.24. The number of ether oxygens (including phenoxy) is 2. The van der Waals surface area contributed by atoms with Gasteiger partial charge < -0.3 is 19.3 Å². The zero-order valence-corrected chi connectivity index (χ0v) is 14.2. The molecule has 2 heterocycles. The van der Waals surface area contributed by atoms with Gasteiger partial charge in [0.2, 0.25) is 0 Å². The molecule has 0 spiro atoms. The van der Waals surface area contributed by atoms with E-state index in [1.807, 2.05) is 18.2 Å². The number of likely N-dealkylation sites (N-methyl/N-ethyl adjacent to an activating group) is 1. The Hall–Kier alpha value is -1.75. The van der Waals surface area contributed by atoms with Gasteiger partial charge in [-0.05, 0) is 38.4 Å². The maximum atomic E-state index is 13.3. The Morgan fingerprint density at radius 1 is 1.04 bits per heavy atom. The van der Waals surface area contributed by atoms with Crippen molar-refractivity contribution in [1.29, 1.82) is 0 Å². The molecular weight excluding hydrogens is 292 g/mol. The van der Waals surface area contributed by atoms with Crippen molar-refractivity contribution in [3.8, 4) is 11.5 Å². The molecule has 2 aliphatic heterocycles. The fraction of sp³-hybridized carbons (Fsp3) is 0.611. The maximum absolute atomic E-state index is 13.3. The van der Waals surface area contributed by atoms with Gasteiger partial charge in [-0.25, -0.2) is 0 Å². The van der Waals surface area contributed by atoms with Crippen molar-refractivity contribution in [2.24, 2.45) is 0 Å². The second-order valence-corrected chi connectivity index (χ2v) is 6.44. The van der Waals surface area contributed by atoms with Gasteiger partial charge in [-0.1, -0.05) is 12.5 Å². The van der Waals surface area contributed by atoms with Crippen LogP contribution in [0.25, 0.3) is 0 Å². The lowest BCUT2D eigenvalue weighted by atomic mass is 10.0. The van der Waals surface area contributed by atoms with Crippen molar-refractivity contribution in [3.63, 3.8) is 0 Å². The van der Waals surface area contributed by atoms with Crippen molar-refractivity contribution in [1.82, 2.24) is 9.80 Å². The van der Waals surface area contributed by atoms with E-state index >= 15 is 0 Å². The SMILES string of the molecule is COc1cccc(OC)c1C(=O)N1CCCC[C@@H]2[C@H]1CCN2C. The van der Waals surface area contributed by atoms with Gasteiger partial charge in [0.25, 0.3) is 5.91 Å². The number of rotatable bonds is 3. The molecule has 2 saturated heterocycles. The largest absolute Gasteiger partial charge is 0.496 e. The van der Waals surface area contributed by atoms with Gasteiger partial charge in [-0.3, -0.25) is 4.79 Å². The van der Waals surface area contributed by atoms with Crippen molar-refractivity contribution >= 4 is 5.91 Å². The molecule has 2 aliphatic rings. The number of hydrogen-bond donors (Lipinski definition) is 0. The van der Waals surface area contributed by atoms with Gasteiger partial charge in [0.05, 0.1) is 14.2 Å². The van der Waals surface area contributed by atoms with Crippen LogP contribution in [0.5, 0.6) is 11.5 Å². The van der Waals surface area contributed by atoms with Gasteiger partial charge in [0, 0.05) is 25.2 Å². The van der Waals surface area contributed by atoms with E-state index in [1.54, 1.807) is 14.2 Å². The topological polar surface area (TPSA) is 42.0 Å². The first-order valence-electron chi connectivity index (χ1n) is 8.39. The van der Waals surface area contributed by atoms with E-state index in [0.717, 1.165) is 25.9 Å². The standard InChI is InChI=1S/C18H26N2O3/c1-19-12-10-14-13(19)7-4-5-11-20(14)18(21)17-15(22-2)8-6-9-16(17)23-3/h6,8-9,13-14H,4-5,7,10-12H2,1-3H3/t13-,14-/m1/s1. The second kappa shape index (κ2) is 6.79. The number of nitrogens with zero attached hydrogens (tertiary/aromatic N) is 2. The van der Waals surface area contributed by atoms with Crippen LogP contribution in [0, 0.1) is 0 Å². The van der Waals surface area contributed by atoms with Gasteiger partial charge >= 0.3 is 0 Å². The van der Waals surface area contributed by atoms with E-state index in [1.165, 1.54) is 12.8 Å². The van der Waals surface area contributed by atoms with E-state index in [9.17, 15) is 4.79 Å². The normalized spacial score (nSPS) is 24.9. The molecule has 0 aromatic heterocycles. The van der Waals surface area contributed by atoms with Gasteiger partial charge in [-0.15, -0.1) is 0 Å². The summed E-state index contributed by atoms with van der Waals surface area (Å²) in [5.41, 5.74) is 0.549. The molecule has 0 aliphatic carbocycles. The summed E-state index contributed by atoms with van der Waals surface area (Å²) in [6, 6.07) is 6.27. The van der Waals surface area contributed by atoms with Crippen molar-refractivity contribution in [2.45, 2.75) is 37.8 Å². The molecule has 0 bridgehead atoms. The van der Waals surface area contributed by atoms with Crippen LogP contribution >= 0.6 is 0 Å². The molecule has 3 rings (SSSR count). The molecule has 1 aromatic carbocycles. The first kappa shape index (κ1) is 16.1. The molecule has 2 atom stereocenters. The first-order valence-corrected chi connectivity index (χ1v) is 8.39. The molecule has 0 unspecified atom stereocenters. The molecule has 5 heteroatoms. The third kappa shape index (κ3) is 2.90. The molecule has 23 heavy (non-hydrogen) atoms. The highest BCUT2D eigenvalue weighted by molar-refractivity contribution is 6.00. The summed E-state index contributed by atoms with van der Waals surface area (Å²) in [4.78, 5) is 17.8. The molecule has 1 aromatic rings. The zero-order chi connectivity index (χ0) is 16.4. The number of amides is 1. The Bertz CT molecular complexity index is 553. The lowest BCUT2D eigenvalue weighted by molar-refractivity contribution is 0.0652. The highest BCUT2D eigenvalue weighted by Gasteiger charge is 2.40. The lowest BCUT2D eigenvalue weighted by Gasteiger charge is -2.32. The van der Waals surface area contributed by atoms with Crippen molar-refractivity contribution in [3.05, 3.63) is 23.8 Å².